The molecule has 4 N–H and O–H groups in total. The minimum atomic E-state index is -1.64. The number of hydrogen-bond acceptors (Lipinski definition) is 9. The number of nitro groups is 1. The maximum absolute atomic E-state index is 10.7. The molecule has 0 spiro atoms. The molecule has 1 saturated heterocycles. The van der Waals surface area contributed by atoms with Crippen LogP contribution in [0.25, 0.3) is 0 Å². The summed E-state index contributed by atoms with van der Waals surface area (Å²) in [4.78, 5) is 10.0. The molecule has 23 heavy (non-hydrogen) atoms. The molecule has 0 aromatic heterocycles. The highest BCUT2D eigenvalue weighted by atomic mass is 16.7. The van der Waals surface area contributed by atoms with Gasteiger partial charge in [0, 0.05) is 12.1 Å². The van der Waals surface area contributed by atoms with Crippen LogP contribution in [0.3, 0.4) is 0 Å². The van der Waals surface area contributed by atoms with Gasteiger partial charge in [-0.1, -0.05) is 0 Å². The number of ether oxygens (including phenoxy) is 2. The number of nitrogens with zero attached hydrogens (tertiary/aromatic N) is 2. The Kier molecular flexibility index (Phi) is 5.09. The van der Waals surface area contributed by atoms with E-state index in [0.717, 1.165) is 18.2 Å². The zero-order valence-corrected chi connectivity index (χ0v) is 11.6. The van der Waals surface area contributed by atoms with Gasteiger partial charge in [0.25, 0.3) is 5.69 Å². The Balaban J connectivity index is 2.24. The number of hydrogen-bond donors (Lipinski definition) is 4. The molecule has 2 rings (SSSR count). The third kappa shape index (κ3) is 3.39. The predicted molar refractivity (Wildman–Crippen MR) is 72.2 cm³/mol. The molecular formula is C13H14N2O8. The summed E-state index contributed by atoms with van der Waals surface area (Å²) in [5.74, 6) is -0.109. The number of aliphatic hydroxyl groups excluding tert-OH is 4. The van der Waals surface area contributed by atoms with E-state index in [0.29, 0.717) is 0 Å². The second-order valence-electron chi connectivity index (χ2n) is 4.86. The summed E-state index contributed by atoms with van der Waals surface area (Å²) < 4.78 is 10.4. The van der Waals surface area contributed by atoms with Gasteiger partial charge in [-0.3, -0.25) is 10.1 Å². The smallest absolute Gasteiger partial charge is 0.271 e. The Morgan fingerprint density at radius 1 is 1.30 bits per heavy atom. The van der Waals surface area contributed by atoms with Gasteiger partial charge in [-0.2, -0.15) is 5.26 Å². The first kappa shape index (κ1) is 17.1. The Labute approximate surface area is 129 Å². The van der Waals surface area contributed by atoms with E-state index in [4.69, 9.17) is 19.8 Å². The number of non-ortho nitro benzene ring substituents is 1. The molecule has 124 valence electrons. The maximum Gasteiger partial charge on any atom is 0.271 e. The van der Waals surface area contributed by atoms with E-state index in [2.05, 4.69) is 0 Å². The van der Waals surface area contributed by atoms with Gasteiger partial charge in [-0.05, 0) is 6.07 Å². The van der Waals surface area contributed by atoms with E-state index < -0.39 is 42.2 Å². The number of nitriles is 1. The third-order valence-electron chi connectivity index (χ3n) is 3.39. The standard InChI is InChI=1S/C13H14N2O8/c14-4-6-3-7(15(20)21)1-2-8(6)22-13-12(19)11(18)10(17)9(5-16)23-13/h1-3,9-13,16-19H,5H2/t9-,10+,11+,12-,13-/m1/s1. The lowest BCUT2D eigenvalue weighted by molar-refractivity contribution is -0.384. The monoisotopic (exact) mass is 326 g/mol. The number of rotatable bonds is 4. The molecular weight excluding hydrogens is 312 g/mol. The van der Waals surface area contributed by atoms with Crippen molar-refractivity contribution in [3.8, 4) is 11.8 Å². The largest absolute Gasteiger partial charge is 0.461 e. The van der Waals surface area contributed by atoms with Crippen LogP contribution < -0.4 is 4.74 Å². The second-order valence-corrected chi connectivity index (χ2v) is 4.86. The van der Waals surface area contributed by atoms with Crippen molar-refractivity contribution in [3.05, 3.63) is 33.9 Å². The molecule has 10 heteroatoms. The van der Waals surface area contributed by atoms with Crippen LogP contribution in [0, 0.1) is 21.4 Å². The normalized spacial score (nSPS) is 30.5. The van der Waals surface area contributed by atoms with Crippen LogP contribution in [0.2, 0.25) is 0 Å². The van der Waals surface area contributed by atoms with Crippen LogP contribution in [-0.2, 0) is 4.74 Å². The lowest BCUT2D eigenvalue weighted by Gasteiger charge is -2.39. The molecule has 1 aliphatic heterocycles. The van der Waals surface area contributed by atoms with Crippen LogP contribution in [-0.4, -0.2) is 62.7 Å². The van der Waals surface area contributed by atoms with Crippen molar-refractivity contribution in [2.75, 3.05) is 6.61 Å². The van der Waals surface area contributed by atoms with E-state index in [1.54, 1.807) is 6.07 Å². The van der Waals surface area contributed by atoms with Gasteiger partial charge in [0.15, 0.2) is 0 Å². The SMILES string of the molecule is N#Cc1cc([N+](=O)[O-])ccc1O[C@@H]1O[C@H](CO)[C@H](O)[C@H](O)[C@H]1O. The van der Waals surface area contributed by atoms with Crippen LogP contribution in [0.1, 0.15) is 5.56 Å². The highest BCUT2D eigenvalue weighted by Gasteiger charge is 2.44. The summed E-state index contributed by atoms with van der Waals surface area (Å²) in [6.07, 6.45) is -7.45. The number of aliphatic hydroxyl groups is 4. The topological polar surface area (TPSA) is 166 Å². The molecule has 0 unspecified atom stereocenters. The van der Waals surface area contributed by atoms with E-state index >= 15 is 0 Å². The lowest BCUT2D eigenvalue weighted by Crippen LogP contribution is -2.60. The first-order valence-electron chi connectivity index (χ1n) is 6.54. The van der Waals surface area contributed by atoms with E-state index in [1.165, 1.54) is 0 Å². The molecule has 10 nitrogen and oxygen atoms in total. The van der Waals surface area contributed by atoms with Crippen molar-refractivity contribution < 1.29 is 34.8 Å². The van der Waals surface area contributed by atoms with Crippen LogP contribution >= 0.6 is 0 Å². The van der Waals surface area contributed by atoms with Crippen molar-refractivity contribution in [3.63, 3.8) is 0 Å². The molecule has 0 aliphatic carbocycles. The van der Waals surface area contributed by atoms with Gasteiger partial charge >= 0.3 is 0 Å². The van der Waals surface area contributed by atoms with Crippen molar-refractivity contribution in [2.24, 2.45) is 0 Å². The Hall–Kier alpha value is -2.29. The molecule has 0 radical (unpaired) electrons. The second kappa shape index (κ2) is 6.86. The lowest BCUT2D eigenvalue weighted by atomic mass is 9.99. The Morgan fingerprint density at radius 2 is 2.00 bits per heavy atom. The summed E-state index contributed by atoms with van der Waals surface area (Å²) in [5.41, 5.74) is -0.487. The molecule has 0 amide bonds. The molecule has 1 fully saturated rings. The van der Waals surface area contributed by atoms with Gasteiger partial charge in [0.2, 0.25) is 6.29 Å². The fraction of sp³-hybridized carbons (Fsp3) is 0.462. The molecule has 1 heterocycles. The fourth-order valence-corrected chi connectivity index (χ4v) is 2.11. The van der Waals surface area contributed by atoms with Gasteiger partial charge in [-0.25, -0.2) is 0 Å². The Bertz CT molecular complexity index is 629. The fourth-order valence-electron chi connectivity index (χ4n) is 2.11. The van der Waals surface area contributed by atoms with Gasteiger partial charge in [-0.15, -0.1) is 0 Å². The Morgan fingerprint density at radius 3 is 2.57 bits per heavy atom. The van der Waals surface area contributed by atoms with Gasteiger partial charge in [0.05, 0.1) is 11.5 Å². The van der Waals surface area contributed by atoms with Crippen LogP contribution in [0.4, 0.5) is 5.69 Å². The van der Waals surface area contributed by atoms with Crippen molar-refractivity contribution >= 4 is 5.69 Å². The summed E-state index contributed by atoms with van der Waals surface area (Å²) in [6.45, 7) is -0.629. The molecule has 1 aliphatic rings. The molecule has 1 aromatic carbocycles. The average molecular weight is 326 g/mol. The van der Waals surface area contributed by atoms with Crippen LogP contribution in [0.5, 0.6) is 5.75 Å². The van der Waals surface area contributed by atoms with Crippen molar-refractivity contribution in [2.45, 2.75) is 30.7 Å². The quantitative estimate of drug-likeness (QED) is 0.386. The van der Waals surface area contributed by atoms with Gasteiger partial charge in [0.1, 0.15) is 41.8 Å². The summed E-state index contributed by atoms with van der Waals surface area (Å²) in [5, 5.41) is 58.0. The third-order valence-corrected chi connectivity index (χ3v) is 3.39. The molecule has 1 aromatic rings. The highest BCUT2D eigenvalue weighted by Crippen LogP contribution is 2.28. The minimum absolute atomic E-state index is 0.109. The summed E-state index contributed by atoms with van der Waals surface area (Å²) >= 11 is 0. The zero-order chi connectivity index (χ0) is 17.1. The van der Waals surface area contributed by atoms with E-state index in [1.807, 2.05) is 0 Å². The maximum atomic E-state index is 10.7. The molecule has 0 bridgehead atoms. The minimum Gasteiger partial charge on any atom is -0.461 e. The van der Waals surface area contributed by atoms with Crippen molar-refractivity contribution in [1.29, 1.82) is 5.26 Å². The predicted octanol–water partition coefficient (Wildman–Crippen LogP) is -1.35. The molecule has 0 saturated carbocycles. The zero-order valence-electron chi connectivity index (χ0n) is 11.6. The first-order valence-corrected chi connectivity index (χ1v) is 6.54. The van der Waals surface area contributed by atoms with Crippen LogP contribution in [0.15, 0.2) is 18.2 Å². The number of nitro benzene ring substituents is 1. The average Bonchev–Trinajstić information content (AvgIpc) is 2.55. The highest BCUT2D eigenvalue weighted by molar-refractivity contribution is 5.50. The van der Waals surface area contributed by atoms with Gasteiger partial charge < -0.3 is 29.9 Å². The number of benzene rings is 1. The summed E-state index contributed by atoms with van der Waals surface area (Å²) in [7, 11) is 0. The summed E-state index contributed by atoms with van der Waals surface area (Å²) in [6, 6.07) is 4.95. The van der Waals surface area contributed by atoms with Crippen molar-refractivity contribution in [1.82, 2.24) is 0 Å². The van der Waals surface area contributed by atoms with E-state index in [9.17, 15) is 25.4 Å². The molecule has 5 atom stereocenters. The first-order chi connectivity index (χ1) is 10.9. The van der Waals surface area contributed by atoms with E-state index in [-0.39, 0.29) is 17.0 Å².